The van der Waals surface area contributed by atoms with Gasteiger partial charge >= 0.3 is 0 Å². The molecule has 1 aromatic carbocycles. The second-order valence-corrected chi connectivity index (χ2v) is 7.07. The van der Waals surface area contributed by atoms with Crippen LogP contribution < -0.4 is 4.74 Å². The maximum atomic E-state index is 5.23. The Hall–Kier alpha value is -2.06. The first kappa shape index (κ1) is 17.8. The number of aromatic nitrogens is 5. The lowest BCUT2D eigenvalue weighted by Gasteiger charge is -2.10. The van der Waals surface area contributed by atoms with Gasteiger partial charge in [0.15, 0.2) is 10.3 Å². The van der Waals surface area contributed by atoms with E-state index in [1.807, 2.05) is 50.4 Å². The lowest BCUT2D eigenvalue weighted by Crippen LogP contribution is -2.02. The average molecular weight is 374 g/mol. The molecule has 25 heavy (non-hydrogen) atoms. The molecule has 0 atom stereocenters. The van der Waals surface area contributed by atoms with E-state index in [0.29, 0.717) is 5.75 Å². The summed E-state index contributed by atoms with van der Waals surface area (Å²) in [6.45, 7) is 3.95. The topological polar surface area (TPSA) is 65.7 Å². The third-order valence-electron chi connectivity index (χ3n) is 3.51. The van der Waals surface area contributed by atoms with Gasteiger partial charge in [0.2, 0.25) is 0 Å². The molecule has 0 aliphatic heterocycles. The number of hydrogen-bond donors (Lipinski definition) is 0. The van der Waals surface area contributed by atoms with E-state index < -0.39 is 0 Å². The highest BCUT2D eigenvalue weighted by atomic mass is 32.2. The van der Waals surface area contributed by atoms with E-state index in [-0.39, 0.29) is 0 Å². The third kappa shape index (κ3) is 4.13. The van der Waals surface area contributed by atoms with E-state index >= 15 is 0 Å². The molecule has 6 nitrogen and oxygen atoms in total. The standard InChI is InChI=1S/C17H19N5OS2/c1-11-9-12(2)19-16(18-11)25-10-15-20-21-17(24-4)22(15)13-5-7-14(23-3)8-6-13/h5-9H,10H2,1-4H3. The number of methoxy groups -OCH3 is 1. The summed E-state index contributed by atoms with van der Waals surface area (Å²) in [6, 6.07) is 9.84. The smallest absolute Gasteiger partial charge is 0.195 e. The van der Waals surface area contributed by atoms with Crippen LogP contribution in [-0.4, -0.2) is 38.1 Å². The molecule has 0 aliphatic rings. The Labute approximate surface area is 155 Å². The van der Waals surface area contributed by atoms with Crippen molar-refractivity contribution in [1.82, 2.24) is 24.7 Å². The molecule has 0 bridgehead atoms. The van der Waals surface area contributed by atoms with Crippen molar-refractivity contribution in [2.45, 2.75) is 29.9 Å². The fraction of sp³-hybridized carbons (Fsp3) is 0.294. The summed E-state index contributed by atoms with van der Waals surface area (Å²) in [5, 5.41) is 10.2. The van der Waals surface area contributed by atoms with E-state index in [9.17, 15) is 0 Å². The highest BCUT2D eigenvalue weighted by molar-refractivity contribution is 7.98. The highest BCUT2D eigenvalue weighted by Gasteiger charge is 2.14. The van der Waals surface area contributed by atoms with Crippen molar-refractivity contribution in [2.24, 2.45) is 0 Å². The van der Waals surface area contributed by atoms with Crippen molar-refractivity contribution in [2.75, 3.05) is 13.4 Å². The maximum Gasteiger partial charge on any atom is 0.195 e. The van der Waals surface area contributed by atoms with Crippen molar-refractivity contribution in [3.8, 4) is 11.4 Å². The van der Waals surface area contributed by atoms with Crippen LogP contribution in [0.1, 0.15) is 17.2 Å². The lowest BCUT2D eigenvalue weighted by molar-refractivity contribution is 0.414. The van der Waals surface area contributed by atoms with Gasteiger partial charge < -0.3 is 4.74 Å². The minimum absolute atomic E-state index is 0.641. The molecule has 2 aromatic heterocycles. The molecule has 2 heterocycles. The van der Waals surface area contributed by atoms with Crippen molar-refractivity contribution >= 4 is 23.5 Å². The fourth-order valence-corrected chi connectivity index (χ4v) is 3.78. The molecule has 0 radical (unpaired) electrons. The van der Waals surface area contributed by atoms with E-state index in [4.69, 9.17) is 4.74 Å². The van der Waals surface area contributed by atoms with Crippen LogP contribution in [0.5, 0.6) is 5.75 Å². The number of benzene rings is 1. The largest absolute Gasteiger partial charge is 0.497 e. The van der Waals surface area contributed by atoms with Crippen molar-refractivity contribution in [3.63, 3.8) is 0 Å². The zero-order valence-corrected chi connectivity index (χ0v) is 16.2. The van der Waals surface area contributed by atoms with E-state index in [2.05, 4.69) is 24.7 Å². The van der Waals surface area contributed by atoms with Crippen molar-refractivity contribution in [1.29, 1.82) is 0 Å². The van der Waals surface area contributed by atoms with Crippen LogP contribution >= 0.6 is 23.5 Å². The van der Waals surface area contributed by atoms with Crippen LogP contribution in [0.15, 0.2) is 40.6 Å². The molecule has 0 saturated carbocycles. The number of thioether (sulfide) groups is 2. The normalized spacial score (nSPS) is 10.9. The predicted octanol–water partition coefficient (Wildman–Crippen LogP) is 3.70. The van der Waals surface area contributed by atoms with Crippen molar-refractivity contribution in [3.05, 3.63) is 47.5 Å². The summed E-state index contributed by atoms with van der Waals surface area (Å²) in [4.78, 5) is 8.95. The molecule has 8 heteroatoms. The Balaban J connectivity index is 1.87. The molecule has 0 aliphatic carbocycles. The molecule has 3 rings (SSSR count). The molecule has 0 saturated heterocycles. The van der Waals surface area contributed by atoms with Crippen LogP contribution in [0.4, 0.5) is 0 Å². The summed E-state index contributed by atoms with van der Waals surface area (Å²) in [5.74, 6) is 2.33. The number of rotatable bonds is 6. The monoisotopic (exact) mass is 373 g/mol. The molecule has 0 unspecified atom stereocenters. The average Bonchev–Trinajstić information content (AvgIpc) is 3.02. The predicted molar refractivity (Wildman–Crippen MR) is 101 cm³/mol. The minimum atomic E-state index is 0.641. The maximum absolute atomic E-state index is 5.23. The van der Waals surface area contributed by atoms with Crippen molar-refractivity contribution < 1.29 is 4.74 Å². The number of ether oxygens (including phenoxy) is 1. The molecule has 0 N–H and O–H groups in total. The minimum Gasteiger partial charge on any atom is -0.497 e. The van der Waals surface area contributed by atoms with Gasteiger partial charge in [0.05, 0.1) is 12.9 Å². The lowest BCUT2D eigenvalue weighted by atomic mass is 10.3. The number of aryl methyl sites for hydroxylation is 2. The molecular weight excluding hydrogens is 354 g/mol. The first-order chi connectivity index (χ1) is 12.1. The van der Waals surface area contributed by atoms with Gasteiger partial charge in [0, 0.05) is 17.1 Å². The van der Waals surface area contributed by atoms with Gasteiger partial charge in [0.1, 0.15) is 11.6 Å². The Morgan fingerprint density at radius 1 is 1.04 bits per heavy atom. The first-order valence-electron chi connectivity index (χ1n) is 7.68. The molecule has 130 valence electrons. The summed E-state index contributed by atoms with van der Waals surface area (Å²) in [5.41, 5.74) is 2.94. The molecule has 3 aromatic rings. The van der Waals surface area contributed by atoms with E-state index in [1.54, 1.807) is 30.6 Å². The Morgan fingerprint density at radius 2 is 1.72 bits per heavy atom. The first-order valence-corrected chi connectivity index (χ1v) is 9.89. The summed E-state index contributed by atoms with van der Waals surface area (Å²) in [6.07, 6.45) is 1.99. The van der Waals surface area contributed by atoms with Gasteiger partial charge in [-0.2, -0.15) is 0 Å². The van der Waals surface area contributed by atoms with Crippen LogP contribution in [0.2, 0.25) is 0 Å². The zero-order chi connectivity index (χ0) is 17.8. The van der Waals surface area contributed by atoms with E-state index in [0.717, 1.165) is 39.0 Å². The van der Waals surface area contributed by atoms with Gasteiger partial charge in [-0.25, -0.2) is 9.97 Å². The van der Waals surface area contributed by atoms with Gasteiger partial charge in [-0.1, -0.05) is 23.5 Å². The molecule has 0 fully saturated rings. The van der Waals surface area contributed by atoms with Crippen LogP contribution in [0, 0.1) is 13.8 Å². The highest BCUT2D eigenvalue weighted by Crippen LogP contribution is 2.26. The molecule has 0 spiro atoms. The van der Waals surface area contributed by atoms with Gasteiger partial charge in [-0.05, 0) is 50.4 Å². The number of nitrogens with zero attached hydrogens (tertiary/aromatic N) is 5. The fourth-order valence-electron chi connectivity index (χ4n) is 2.40. The Kier molecular flexibility index (Phi) is 5.60. The Bertz CT molecular complexity index is 844. The van der Waals surface area contributed by atoms with Gasteiger partial charge in [0.25, 0.3) is 0 Å². The summed E-state index contributed by atoms with van der Waals surface area (Å²) >= 11 is 3.13. The quantitative estimate of drug-likeness (QED) is 0.482. The van der Waals surface area contributed by atoms with Gasteiger partial charge in [-0.3, -0.25) is 4.57 Å². The Morgan fingerprint density at radius 3 is 2.32 bits per heavy atom. The second kappa shape index (κ2) is 7.88. The third-order valence-corrected chi connectivity index (χ3v) is 4.98. The van der Waals surface area contributed by atoms with Crippen LogP contribution in [0.25, 0.3) is 5.69 Å². The summed E-state index contributed by atoms with van der Waals surface area (Å²) in [7, 11) is 1.66. The molecular formula is C17H19N5OS2. The zero-order valence-electron chi connectivity index (χ0n) is 14.6. The molecule has 0 amide bonds. The summed E-state index contributed by atoms with van der Waals surface area (Å²) < 4.78 is 7.29. The second-order valence-electron chi connectivity index (χ2n) is 5.36. The van der Waals surface area contributed by atoms with E-state index in [1.165, 1.54) is 0 Å². The van der Waals surface area contributed by atoms with Crippen LogP contribution in [-0.2, 0) is 5.75 Å². The SMILES string of the molecule is COc1ccc(-n2c(CSc3nc(C)cc(C)n3)nnc2SC)cc1. The van der Waals surface area contributed by atoms with Crippen LogP contribution in [0.3, 0.4) is 0 Å². The van der Waals surface area contributed by atoms with Gasteiger partial charge in [-0.15, -0.1) is 10.2 Å². The number of hydrogen-bond acceptors (Lipinski definition) is 7.